The molecule has 5 heteroatoms. The molecular weight excluding hydrogens is 250 g/mol. The normalized spacial score (nSPS) is 20.3. The molecule has 1 unspecified atom stereocenters. The third-order valence-corrected chi connectivity index (χ3v) is 3.91. The van der Waals surface area contributed by atoms with Crippen LogP contribution in [0, 0.1) is 0 Å². The molecule has 0 spiro atoms. The van der Waals surface area contributed by atoms with Crippen LogP contribution in [0.3, 0.4) is 0 Å². The van der Waals surface area contributed by atoms with Gasteiger partial charge in [0.15, 0.2) is 0 Å². The van der Waals surface area contributed by atoms with Crippen LogP contribution in [-0.4, -0.2) is 29.0 Å². The monoisotopic (exact) mass is 271 g/mol. The number of piperidine rings is 1. The first-order valence-electron chi connectivity index (χ1n) is 6.73. The van der Waals surface area contributed by atoms with Gasteiger partial charge in [0.1, 0.15) is 0 Å². The van der Waals surface area contributed by atoms with Crippen molar-refractivity contribution in [3.63, 3.8) is 0 Å². The summed E-state index contributed by atoms with van der Waals surface area (Å²) in [6.07, 6.45) is 4.65. The van der Waals surface area contributed by atoms with Crippen LogP contribution in [0.25, 0.3) is 0 Å². The van der Waals surface area contributed by atoms with Gasteiger partial charge in [-0.15, -0.1) is 0 Å². The lowest BCUT2D eigenvalue weighted by Crippen LogP contribution is -2.37. The van der Waals surface area contributed by atoms with Crippen LogP contribution in [0.1, 0.15) is 37.6 Å². The first-order valence-corrected chi connectivity index (χ1v) is 7.11. The van der Waals surface area contributed by atoms with E-state index in [4.69, 9.17) is 16.3 Å². The van der Waals surface area contributed by atoms with E-state index < -0.39 is 0 Å². The Hall–Kier alpha value is -0.580. The van der Waals surface area contributed by atoms with Gasteiger partial charge in [-0.2, -0.15) is 5.10 Å². The first-order chi connectivity index (χ1) is 8.72. The van der Waals surface area contributed by atoms with Crippen LogP contribution in [0.4, 0.5) is 0 Å². The molecule has 1 saturated heterocycles. The fraction of sp³-hybridized carbons (Fsp3) is 0.769. The number of aromatic nitrogens is 2. The van der Waals surface area contributed by atoms with Gasteiger partial charge in [-0.05, 0) is 25.8 Å². The van der Waals surface area contributed by atoms with Gasteiger partial charge in [0.05, 0.1) is 29.6 Å². The summed E-state index contributed by atoms with van der Waals surface area (Å²) in [5, 5.41) is 8.61. The number of ether oxygens (including phenoxy) is 1. The van der Waals surface area contributed by atoms with Crippen molar-refractivity contribution in [2.75, 3.05) is 13.2 Å². The van der Waals surface area contributed by atoms with Gasteiger partial charge in [-0.3, -0.25) is 4.68 Å². The van der Waals surface area contributed by atoms with E-state index in [1.165, 1.54) is 19.3 Å². The fourth-order valence-electron chi connectivity index (χ4n) is 2.34. The molecule has 0 bridgehead atoms. The molecular formula is C13H22ClN3O. The lowest BCUT2D eigenvalue weighted by Gasteiger charge is -2.23. The number of halogens is 1. The molecule has 0 aromatic carbocycles. The summed E-state index contributed by atoms with van der Waals surface area (Å²) < 4.78 is 7.60. The average molecular weight is 272 g/mol. The summed E-state index contributed by atoms with van der Waals surface area (Å²) in [7, 11) is 1.92. The van der Waals surface area contributed by atoms with Gasteiger partial charge in [-0.25, -0.2) is 0 Å². The highest BCUT2D eigenvalue weighted by Crippen LogP contribution is 2.21. The molecule has 4 nitrogen and oxygen atoms in total. The Morgan fingerprint density at radius 3 is 2.94 bits per heavy atom. The van der Waals surface area contributed by atoms with Crippen molar-refractivity contribution < 1.29 is 4.74 Å². The highest BCUT2D eigenvalue weighted by atomic mass is 35.5. The molecule has 1 aliphatic heterocycles. The molecule has 0 aliphatic carbocycles. The van der Waals surface area contributed by atoms with Crippen LogP contribution < -0.4 is 5.32 Å². The Balaban J connectivity index is 1.84. The van der Waals surface area contributed by atoms with Crippen molar-refractivity contribution in [1.29, 1.82) is 0 Å². The number of nitrogens with one attached hydrogen (secondary N) is 1. The van der Waals surface area contributed by atoms with E-state index in [2.05, 4.69) is 17.3 Å². The van der Waals surface area contributed by atoms with E-state index in [0.717, 1.165) is 36.0 Å². The Kier molecular flexibility index (Phi) is 5.03. The zero-order valence-electron chi connectivity index (χ0n) is 11.2. The van der Waals surface area contributed by atoms with Crippen molar-refractivity contribution in [2.24, 2.45) is 7.05 Å². The maximum atomic E-state index is 6.27. The van der Waals surface area contributed by atoms with Crippen LogP contribution in [0.2, 0.25) is 5.02 Å². The number of hydrogen-bond donors (Lipinski definition) is 1. The molecule has 1 atom stereocenters. The third kappa shape index (κ3) is 3.25. The standard InChI is InChI=1S/C13H22ClN3O/c1-3-11-13(14)12(17(2)16-11)9-18-8-10-6-4-5-7-15-10/h10,15H,3-9H2,1-2H3. The molecule has 0 radical (unpaired) electrons. The maximum absolute atomic E-state index is 6.27. The lowest BCUT2D eigenvalue weighted by molar-refractivity contribution is 0.0871. The molecule has 1 N–H and O–H groups in total. The second-order valence-corrected chi connectivity index (χ2v) is 5.22. The molecule has 102 valence electrons. The summed E-state index contributed by atoms with van der Waals surface area (Å²) >= 11 is 6.27. The molecule has 1 aromatic rings. The van der Waals surface area contributed by atoms with Crippen molar-refractivity contribution in [2.45, 2.75) is 45.3 Å². The van der Waals surface area contributed by atoms with Crippen molar-refractivity contribution in [3.05, 3.63) is 16.4 Å². The topological polar surface area (TPSA) is 39.1 Å². The largest absolute Gasteiger partial charge is 0.373 e. The second kappa shape index (κ2) is 6.55. The molecule has 1 aromatic heterocycles. The highest BCUT2D eigenvalue weighted by Gasteiger charge is 2.15. The van der Waals surface area contributed by atoms with Crippen LogP contribution >= 0.6 is 11.6 Å². The number of aryl methyl sites for hydroxylation is 2. The fourth-order valence-corrected chi connectivity index (χ4v) is 2.69. The summed E-state index contributed by atoms with van der Waals surface area (Å²) in [6, 6.07) is 0.497. The van der Waals surface area contributed by atoms with E-state index in [-0.39, 0.29) is 0 Å². The minimum absolute atomic E-state index is 0.497. The molecule has 2 rings (SSSR count). The molecule has 1 fully saturated rings. The van der Waals surface area contributed by atoms with E-state index in [0.29, 0.717) is 12.6 Å². The van der Waals surface area contributed by atoms with Gasteiger partial charge in [-0.1, -0.05) is 24.9 Å². The van der Waals surface area contributed by atoms with Gasteiger partial charge >= 0.3 is 0 Å². The quantitative estimate of drug-likeness (QED) is 0.893. The SMILES string of the molecule is CCc1nn(C)c(COCC2CCCCN2)c1Cl. The summed E-state index contributed by atoms with van der Waals surface area (Å²) in [4.78, 5) is 0. The van der Waals surface area contributed by atoms with E-state index in [1.807, 2.05) is 11.7 Å². The predicted molar refractivity (Wildman–Crippen MR) is 72.9 cm³/mol. The molecule has 18 heavy (non-hydrogen) atoms. The smallest absolute Gasteiger partial charge is 0.0900 e. The number of hydrogen-bond acceptors (Lipinski definition) is 3. The predicted octanol–water partition coefficient (Wildman–Crippen LogP) is 2.29. The zero-order chi connectivity index (χ0) is 13.0. The van der Waals surface area contributed by atoms with Gasteiger partial charge in [0.25, 0.3) is 0 Å². The summed E-state index contributed by atoms with van der Waals surface area (Å²) in [5.41, 5.74) is 1.93. The highest BCUT2D eigenvalue weighted by molar-refractivity contribution is 6.31. The van der Waals surface area contributed by atoms with Gasteiger partial charge < -0.3 is 10.1 Å². The Labute approximate surface area is 114 Å². The Bertz CT molecular complexity index is 386. The number of rotatable bonds is 5. The molecule has 2 heterocycles. The molecule has 0 amide bonds. The minimum Gasteiger partial charge on any atom is -0.373 e. The molecule has 1 aliphatic rings. The van der Waals surface area contributed by atoms with Crippen molar-refractivity contribution in [1.82, 2.24) is 15.1 Å². The van der Waals surface area contributed by atoms with E-state index >= 15 is 0 Å². The second-order valence-electron chi connectivity index (χ2n) is 4.85. The van der Waals surface area contributed by atoms with Gasteiger partial charge in [0.2, 0.25) is 0 Å². The van der Waals surface area contributed by atoms with E-state index in [9.17, 15) is 0 Å². The first kappa shape index (κ1) is 13.8. The van der Waals surface area contributed by atoms with Crippen molar-refractivity contribution >= 4 is 11.6 Å². The van der Waals surface area contributed by atoms with Crippen molar-refractivity contribution in [3.8, 4) is 0 Å². The summed E-state index contributed by atoms with van der Waals surface area (Å²) in [6.45, 7) is 4.47. The Morgan fingerprint density at radius 1 is 1.50 bits per heavy atom. The third-order valence-electron chi connectivity index (χ3n) is 3.47. The van der Waals surface area contributed by atoms with Crippen LogP contribution in [0.5, 0.6) is 0 Å². The van der Waals surface area contributed by atoms with Gasteiger partial charge in [0, 0.05) is 13.1 Å². The molecule has 0 saturated carbocycles. The summed E-state index contributed by atoms with van der Waals surface area (Å²) in [5.74, 6) is 0. The average Bonchev–Trinajstić information content (AvgIpc) is 2.67. The minimum atomic E-state index is 0.497. The zero-order valence-corrected chi connectivity index (χ0v) is 12.0. The van der Waals surface area contributed by atoms with E-state index in [1.54, 1.807) is 0 Å². The van der Waals surface area contributed by atoms with Crippen LogP contribution in [0.15, 0.2) is 0 Å². The lowest BCUT2D eigenvalue weighted by atomic mass is 10.1. The number of nitrogens with zero attached hydrogens (tertiary/aromatic N) is 2. The van der Waals surface area contributed by atoms with Crippen LogP contribution in [-0.2, 0) is 24.8 Å². The maximum Gasteiger partial charge on any atom is 0.0900 e. The Morgan fingerprint density at radius 2 is 2.33 bits per heavy atom.